The highest BCUT2D eigenvalue weighted by molar-refractivity contribution is 9.10. The first kappa shape index (κ1) is 14.9. The van der Waals surface area contributed by atoms with Gasteiger partial charge in [0, 0.05) is 39.5 Å². The second kappa shape index (κ2) is 6.81. The van der Waals surface area contributed by atoms with E-state index in [1.807, 2.05) is 0 Å². The monoisotopic (exact) mass is 341 g/mol. The summed E-state index contributed by atoms with van der Waals surface area (Å²) in [4.78, 5) is 31.5. The summed E-state index contributed by atoms with van der Waals surface area (Å²) in [6.07, 6.45) is 1.63. The van der Waals surface area contributed by atoms with Crippen molar-refractivity contribution < 1.29 is 14.3 Å². The molecule has 1 aromatic heterocycles. The minimum atomic E-state index is -0.0659. The number of carbonyl (C=O) groups excluding carboxylic acids is 2. The Morgan fingerprint density at radius 2 is 1.95 bits per heavy atom. The van der Waals surface area contributed by atoms with Gasteiger partial charge in [-0.05, 0) is 28.1 Å². The Kier molecular flexibility index (Phi) is 5.08. The average molecular weight is 342 g/mol. The van der Waals surface area contributed by atoms with Gasteiger partial charge in [0.25, 0.3) is 5.91 Å². The summed E-state index contributed by atoms with van der Waals surface area (Å²) in [5, 5.41) is 0. The Labute approximate surface area is 125 Å². The SMILES string of the molecule is COCC(=O)N1CCN(C(=O)c2cccnc2Br)CC1. The summed E-state index contributed by atoms with van der Waals surface area (Å²) in [6.45, 7) is 2.20. The molecule has 0 bridgehead atoms. The van der Waals surface area contributed by atoms with Crippen LogP contribution >= 0.6 is 15.9 Å². The molecular formula is C13H16BrN3O3. The highest BCUT2D eigenvalue weighted by Gasteiger charge is 2.25. The fourth-order valence-corrected chi connectivity index (χ4v) is 2.51. The molecule has 2 rings (SSSR count). The highest BCUT2D eigenvalue weighted by atomic mass is 79.9. The van der Waals surface area contributed by atoms with Gasteiger partial charge in [0.2, 0.25) is 5.91 Å². The lowest BCUT2D eigenvalue weighted by Crippen LogP contribution is -2.51. The Morgan fingerprint density at radius 3 is 2.55 bits per heavy atom. The van der Waals surface area contributed by atoms with Gasteiger partial charge in [-0.15, -0.1) is 0 Å². The minimum Gasteiger partial charge on any atom is -0.375 e. The number of piperazine rings is 1. The summed E-state index contributed by atoms with van der Waals surface area (Å²) in [6, 6.07) is 3.47. The first-order valence-electron chi connectivity index (χ1n) is 6.30. The molecule has 1 aliphatic heterocycles. The van der Waals surface area contributed by atoms with Gasteiger partial charge in [-0.2, -0.15) is 0 Å². The average Bonchev–Trinajstić information content (AvgIpc) is 2.47. The van der Waals surface area contributed by atoms with Crippen molar-refractivity contribution in [1.82, 2.24) is 14.8 Å². The van der Waals surface area contributed by atoms with Crippen molar-refractivity contribution in [2.24, 2.45) is 0 Å². The number of amides is 2. The number of nitrogens with zero attached hydrogens (tertiary/aromatic N) is 3. The van der Waals surface area contributed by atoms with E-state index in [2.05, 4.69) is 20.9 Å². The molecule has 1 aliphatic rings. The second-order valence-corrected chi connectivity index (χ2v) is 5.20. The van der Waals surface area contributed by atoms with Crippen molar-refractivity contribution in [3.8, 4) is 0 Å². The maximum absolute atomic E-state index is 12.4. The van der Waals surface area contributed by atoms with E-state index in [4.69, 9.17) is 4.74 Å². The molecule has 2 amide bonds. The van der Waals surface area contributed by atoms with Crippen LogP contribution in [0.3, 0.4) is 0 Å². The van der Waals surface area contributed by atoms with Crippen LogP contribution in [0.25, 0.3) is 0 Å². The zero-order valence-electron chi connectivity index (χ0n) is 11.2. The van der Waals surface area contributed by atoms with Crippen LogP contribution in [-0.4, -0.2) is 66.5 Å². The number of carbonyl (C=O) groups is 2. The van der Waals surface area contributed by atoms with E-state index in [-0.39, 0.29) is 18.4 Å². The topological polar surface area (TPSA) is 62.7 Å². The number of halogens is 1. The van der Waals surface area contributed by atoms with Gasteiger partial charge < -0.3 is 14.5 Å². The third-order valence-electron chi connectivity index (χ3n) is 3.18. The number of methoxy groups -OCH3 is 1. The van der Waals surface area contributed by atoms with E-state index in [0.29, 0.717) is 36.3 Å². The fraction of sp³-hybridized carbons (Fsp3) is 0.462. The van der Waals surface area contributed by atoms with Crippen molar-refractivity contribution in [2.75, 3.05) is 39.9 Å². The van der Waals surface area contributed by atoms with E-state index in [1.165, 1.54) is 7.11 Å². The fourth-order valence-electron chi connectivity index (χ4n) is 2.09. The van der Waals surface area contributed by atoms with E-state index < -0.39 is 0 Å². The quantitative estimate of drug-likeness (QED) is 0.762. The zero-order valence-corrected chi connectivity index (χ0v) is 12.8. The van der Waals surface area contributed by atoms with Crippen molar-refractivity contribution in [2.45, 2.75) is 0 Å². The third-order valence-corrected chi connectivity index (χ3v) is 3.81. The molecule has 0 spiro atoms. The summed E-state index contributed by atoms with van der Waals surface area (Å²) in [5.41, 5.74) is 0.546. The standard InChI is InChI=1S/C13H16BrN3O3/c1-20-9-11(18)16-5-7-17(8-6-16)13(19)10-3-2-4-15-12(10)14/h2-4H,5-9H2,1H3. The number of rotatable bonds is 3. The van der Waals surface area contributed by atoms with Crippen molar-refractivity contribution in [1.29, 1.82) is 0 Å². The lowest BCUT2D eigenvalue weighted by Gasteiger charge is -2.34. The van der Waals surface area contributed by atoms with Crippen molar-refractivity contribution >= 4 is 27.7 Å². The smallest absolute Gasteiger partial charge is 0.256 e. The van der Waals surface area contributed by atoms with Crippen LogP contribution in [0.15, 0.2) is 22.9 Å². The van der Waals surface area contributed by atoms with Gasteiger partial charge in [0.1, 0.15) is 11.2 Å². The van der Waals surface area contributed by atoms with Crippen LogP contribution in [0.1, 0.15) is 10.4 Å². The Hall–Kier alpha value is -1.47. The molecule has 2 heterocycles. The van der Waals surface area contributed by atoms with Gasteiger partial charge in [0.05, 0.1) is 5.56 Å². The molecule has 0 aromatic carbocycles. The summed E-state index contributed by atoms with van der Waals surface area (Å²) in [7, 11) is 1.50. The summed E-state index contributed by atoms with van der Waals surface area (Å²) < 4.78 is 5.37. The highest BCUT2D eigenvalue weighted by Crippen LogP contribution is 2.16. The van der Waals surface area contributed by atoms with E-state index in [1.54, 1.807) is 28.1 Å². The maximum atomic E-state index is 12.4. The number of aromatic nitrogens is 1. The van der Waals surface area contributed by atoms with Gasteiger partial charge >= 0.3 is 0 Å². The van der Waals surface area contributed by atoms with Gasteiger partial charge in [-0.1, -0.05) is 0 Å². The molecule has 0 saturated carbocycles. The molecule has 0 N–H and O–H groups in total. The number of pyridine rings is 1. The zero-order chi connectivity index (χ0) is 14.5. The largest absolute Gasteiger partial charge is 0.375 e. The van der Waals surface area contributed by atoms with E-state index >= 15 is 0 Å². The molecule has 0 aliphatic carbocycles. The third kappa shape index (κ3) is 3.34. The molecule has 0 atom stereocenters. The molecular weight excluding hydrogens is 326 g/mol. The molecule has 20 heavy (non-hydrogen) atoms. The molecule has 1 fully saturated rings. The van der Waals surface area contributed by atoms with Crippen LogP contribution in [0.2, 0.25) is 0 Å². The van der Waals surface area contributed by atoms with Gasteiger partial charge in [0.15, 0.2) is 0 Å². The molecule has 1 saturated heterocycles. The summed E-state index contributed by atoms with van der Waals surface area (Å²) in [5.74, 6) is -0.106. The Morgan fingerprint density at radius 1 is 1.30 bits per heavy atom. The number of hydrogen-bond donors (Lipinski definition) is 0. The number of hydrogen-bond acceptors (Lipinski definition) is 4. The Balaban J connectivity index is 1.96. The Bertz CT molecular complexity index is 501. The molecule has 6 nitrogen and oxygen atoms in total. The van der Waals surface area contributed by atoms with Crippen LogP contribution in [0.4, 0.5) is 0 Å². The van der Waals surface area contributed by atoms with Crippen LogP contribution in [0.5, 0.6) is 0 Å². The van der Waals surface area contributed by atoms with Gasteiger partial charge in [-0.25, -0.2) is 4.98 Å². The minimum absolute atomic E-state index is 0.0397. The predicted octanol–water partition coefficient (Wildman–Crippen LogP) is 0.775. The second-order valence-electron chi connectivity index (χ2n) is 4.45. The molecule has 0 radical (unpaired) electrons. The lowest BCUT2D eigenvalue weighted by atomic mass is 10.2. The number of ether oxygens (including phenoxy) is 1. The first-order valence-corrected chi connectivity index (χ1v) is 7.09. The first-order chi connectivity index (χ1) is 9.63. The van der Waals surface area contributed by atoms with E-state index in [9.17, 15) is 9.59 Å². The summed E-state index contributed by atoms with van der Waals surface area (Å²) >= 11 is 3.28. The molecule has 1 aromatic rings. The van der Waals surface area contributed by atoms with Crippen molar-refractivity contribution in [3.63, 3.8) is 0 Å². The lowest BCUT2D eigenvalue weighted by molar-refractivity contribution is -0.136. The molecule has 0 unspecified atom stereocenters. The van der Waals surface area contributed by atoms with Crippen LogP contribution < -0.4 is 0 Å². The molecule has 7 heteroatoms. The molecule has 108 valence electrons. The maximum Gasteiger partial charge on any atom is 0.256 e. The van der Waals surface area contributed by atoms with E-state index in [0.717, 1.165) is 0 Å². The van der Waals surface area contributed by atoms with Crippen LogP contribution in [0, 0.1) is 0 Å². The van der Waals surface area contributed by atoms with Gasteiger partial charge in [-0.3, -0.25) is 9.59 Å². The normalized spacial score (nSPS) is 15.3. The predicted molar refractivity (Wildman–Crippen MR) is 76.3 cm³/mol. The van der Waals surface area contributed by atoms with Crippen LogP contribution in [-0.2, 0) is 9.53 Å². The van der Waals surface area contributed by atoms with Crippen molar-refractivity contribution in [3.05, 3.63) is 28.5 Å².